The Kier molecular flexibility index (Phi) is 2.46. The fraction of sp³-hybridized carbons (Fsp3) is 0. The topological polar surface area (TPSA) is 25.8 Å². The molecule has 2 heteroatoms. The van der Waals surface area contributed by atoms with E-state index in [2.05, 4.69) is 40.3 Å². The van der Waals surface area contributed by atoms with Crippen LogP contribution in [-0.4, -0.2) is 9.97 Å². The zero-order chi connectivity index (χ0) is 13.4. The molecular formula is C18H11N2. The van der Waals surface area contributed by atoms with Gasteiger partial charge in [-0.25, -0.2) is 0 Å². The van der Waals surface area contributed by atoms with Crippen LogP contribution in [0.4, 0.5) is 0 Å². The van der Waals surface area contributed by atoms with E-state index in [9.17, 15) is 0 Å². The molecule has 20 heavy (non-hydrogen) atoms. The first-order chi connectivity index (χ1) is 9.92. The highest BCUT2D eigenvalue weighted by molar-refractivity contribution is 5.96. The average molecular weight is 255 g/mol. The van der Waals surface area contributed by atoms with Crippen molar-refractivity contribution in [3.05, 3.63) is 73.2 Å². The number of benzene rings is 2. The van der Waals surface area contributed by atoms with E-state index in [0.717, 1.165) is 27.4 Å². The summed E-state index contributed by atoms with van der Waals surface area (Å²) in [5, 5.41) is 4.63. The number of fused-ring (bicyclic) bond motifs is 2. The molecule has 2 aromatic heterocycles. The second-order valence-electron chi connectivity index (χ2n) is 4.74. The van der Waals surface area contributed by atoms with Crippen molar-refractivity contribution in [2.24, 2.45) is 0 Å². The fourth-order valence-electron chi connectivity index (χ4n) is 2.52. The van der Waals surface area contributed by atoms with Gasteiger partial charge >= 0.3 is 0 Å². The number of rotatable bonds is 1. The molecule has 0 unspecified atom stereocenters. The SMILES string of the molecule is [c]1ccc2c(-c3ccc4cnccc4c3)nccc2c1. The quantitative estimate of drug-likeness (QED) is 0.508. The number of aromatic nitrogens is 2. The molecule has 0 fully saturated rings. The summed E-state index contributed by atoms with van der Waals surface area (Å²) < 4.78 is 0. The van der Waals surface area contributed by atoms with Gasteiger partial charge in [0.1, 0.15) is 0 Å². The van der Waals surface area contributed by atoms with Gasteiger partial charge in [0, 0.05) is 34.9 Å². The molecule has 0 saturated carbocycles. The Morgan fingerprint density at radius 1 is 0.850 bits per heavy atom. The van der Waals surface area contributed by atoms with Gasteiger partial charge in [-0.2, -0.15) is 0 Å². The average Bonchev–Trinajstić information content (AvgIpc) is 2.54. The molecule has 0 aliphatic rings. The van der Waals surface area contributed by atoms with Crippen LogP contribution in [0.15, 0.2) is 67.1 Å². The van der Waals surface area contributed by atoms with E-state index < -0.39 is 0 Å². The van der Waals surface area contributed by atoms with Gasteiger partial charge in [0.15, 0.2) is 0 Å². The van der Waals surface area contributed by atoms with E-state index in [1.165, 1.54) is 5.39 Å². The van der Waals surface area contributed by atoms with Gasteiger partial charge in [-0.1, -0.05) is 24.3 Å². The second-order valence-corrected chi connectivity index (χ2v) is 4.74. The third-order valence-electron chi connectivity index (χ3n) is 3.52. The Morgan fingerprint density at radius 3 is 2.80 bits per heavy atom. The van der Waals surface area contributed by atoms with Gasteiger partial charge in [-0.3, -0.25) is 9.97 Å². The number of pyridine rings is 2. The molecule has 0 N–H and O–H groups in total. The van der Waals surface area contributed by atoms with Crippen molar-refractivity contribution in [1.29, 1.82) is 0 Å². The van der Waals surface area contributed by atoms with Crippen LogP contribution >= 0.6 is 0 Å². The summed E-state index contributed by atoms with van der Waals surface area (Å²) in [7, 11) is 0. The molecule has 93 valence electrons. The summed E-state index contributed by atoms with van der Waals surface area (Å²) in [5.41, 5.74) is 2.13. The molecule has 1 radical (unpaired) electrons. The lowest BCUT2D eigenvalue weighted by Gasteiger charge is -2.06. The molecular weight excluding hydrogens is 244 g/mol. The van der Waals surface area contributed by atoms with Crippen molar-refractivity contribution in [2.45, 2.75) is 0 Å². The minimum Gasteiger partial charge on any atom is -0.264 e. The molecule has 0 aliphatic heterocycles. The van der Waals surface area contributed by atoms with E-state index in [1.807, 2.05) is 42.9 Å². The zero-order valence-corrected chi connectivity index (χ0v) is 10.7. The van der Waals surface area contributed by atoms with Gasteiger partial charge < -0.3 is 0 Å². The lowest BCUT2D eigenvalue weighted by Crippen LogP contribution is -1.86. The summed E-state index contributed by atoms with van der Waals surface area (Å²) in [4.78, 5) is 8.70. The van der Waals surface area contributed by atoms with E-state index in [4.69, 9.17) is 0 Å². The van der Waals surface area contributed by atoms with Crippen LogP contribution in [0, 0.1) is 6.07 Å². The Balaban J connectivity index is 2.01. The maximum absolute atomic E-state index is 4.55. The van der Waals surface area contributed by atoms with Crippen LogP contribution in [0.2, 0.25) is 0 Å². The molecule has 0 bridgehead atoms. The van der Waals surface area contributed by atoms with Crippen molar-refractivity contribution < 1.29 is 0 Å². The van der Waals surface area contributed by atoms with Crippen LogP contribution in [0.3, 0.4) is 0 Å². The minimum atomic E-state index is 1.01. The third-order valence-corrected chi connectivity index (χ3v) is 3.52. The summed E-state index contributed by atoms with van der Waals surface area (Å²) in [6.45, 7) is 0. The van der Waals surface area contributed by atoms with Gasteiger partial charge in [-0.05, 0) is 41.1 Å². The smallest absolute Gasteiger partial charge is 0.0780 e. The summed E-state index contributed by atoms with van der Waals surface area (Å²) >= 11 is 0. The molecule has 0 saturated heterocycles. The predicted octanol–water partition coefficient (Wildman–Crippen LogP) is 4.25. The molecule has 2 aromatic carbocycles. The predicted molar refractivity (Wildman–Crippen MR) is 81.3 cm³/mol. The normalized spacial score (nSPS) is 11.0. The van der Waals surface area contributed by atoms with Crippen LogP contribution in [0.1, 0.15) is 0 Å². The Bertz CT molecular complexity index is 908. The minimum absolute atomic E-state index is 1.01. The van der Waals surface area contributed by atoms with Crippen molar-refractivity contribution in [1.82, 2.24) is 9.97 Å². The van der Waals surface area contributed by atoms with Crippen LogP contribution in [0.5, 0.6) is 0 Å². The van der Waals surface area contributed by atoms with Gasteiger partial charge in [0.2, 0.25) is 0 Å². The number of nitrogens with zero attached hydrogens (tertiary/aromatic N) is 2. The van der Waals surface area contributed by atoms with E-state index in [0.29, 0.717) is 0 Å². The lowest BCUT2D eigenvalue weighted by atomic mass is 10.0. The van der Waals surface area contributed by atoms with E-state index in [1.54, 1.807) is 0 Å². The van der Waals surface area contributed by atoms with Crippen molar-refractivity contribution >= 4 is 21.5 Å². The Hall–Kier alpha value is -2.74. The van der Waals surface area contributed by atoms with Gasteiger partial charge in [-0.15, -0.1) is 0 Å². The van der Waals surface area contributed by atoms with Crippen LogP contribution in [0.25, 0.3) is 32.8 Å². The molecule has 2 heterocycles. The third kappa shape index (κ3) is 1.74. The maximum atomic E-state index is 4.55. The lowest BCUT2D eigenvalue weighted by molar-refractivity contribution is 1.35. The Morgan fingerprint density at radius 2 is 1.80 bits per heavy atom. The monoisotopic (exact) mass is 255 g/mol. The first-order valence-electron chi connectivity index (χ1n) is 6.51. The first-order valence-corrected chi connectivity index (χ1v) is 6.51. The number of hydrogen-bond donors (Lipinski definition) is 0. The fourth-order valence-corrected chi connectivity index (χ4v) is 2.52. The summed E-state index contributed by atoms with van der Waals surface area (Å²) in [6, 6.07) is 19.5. The largest absolute Gasteiger partial charge is 0.264 e. The highest BCUT2D eigenvalue weighted by Gasteiger charge is 2.05. The van der Waals surface area contributed by atoms with E-state index >= 15 is 0 Å². The van der Waals surface area contributed by atoms with Gasteiger partial charge in [0.05, 0.1) is 5.69 Å². The molecule has 0 amide bonds. The zero-order valence-electron chi connectivity index (χ0n) is 10.7. The molecule has 2 nitrogen and oxygen atoms in total. The summed E-state index contributed by atoms with van der Waals surface area (Å²) in [5.74, 6) is 0. The second kappa shape index (κ2) is 4.42. The highest BCUT2D eigenvalue weighted by Crippen LogP contribution is 2.28. The highest BCUT2D eigenvalue weighted by atomic mass is 14.7. The molecule has 0 aliphatic carbocycles. The summed E-state index contributed by atoms with van der Waals surface area (Å²) in [6.07, 6.45) is 5.55. The van der Waals surface area contributed by atoms with Crippen molar-refractivity contribution in [2.75, 3.05) is 0 Å². The van der Waals surface area contributed by atoms with Crippen LogP contribution < -0.4 is 0 Å². The molecule has 4 rings (SSSR count). The standard InChI is InChI=1S/C18H11N2/c1-2-4-17-13(3-1)8-10-20-18(17)15-5-6-16-12-19-9-7-14(16)11-15/h2-12H. The molecule has 0 spiro atoms. The first kappa shape index (κ1) is 11.1. The molecule has 0 atom stereocenters. The molecule has 4 aromatic rings. The van der Waals surface area contributed by atoms with Crippen molar-refractivity contribution in [3.63, 3.8) is 0 Å². The van der Waals surface area contributed by atoms with Crippen molar-refractivity contribution in [3.8, 4) is 11.3 Å². The van der Waals surface area contributed by atoms with Crippen LogP contribution in [-0.2, 0) is 0 Å². The maximum Gasteiger partial charge on any atom is 0.0780 e. The number of hydrogen-bond acceptors (Lipinski definition) is 2. The van der Waals surface area contributed by atoms with E-state index in [-0.39, 0.29) is 0 Å². The van der Waals surface area contributed by atoms with Gasteiger partial charge in [0.25, 0.3) is 0 Å². The Labute approximate surface area is 116 Å².